The highest BCUT2D eigenvalue weighted by Crippen LogP contribution is 2.47. The van der Waals surface area contributed by atoms with Crippen molar-refractivity contribution in [3.05, 3.63) is 124 Å². The van der Waals surface area contributed by atoms with Gasteiger partial charge in [-0.15, -0.1) is 0 Å². The molecule has 6 rings (SSSR count). The number of pyridine rings is 1. The Kier molecular flexibility index (Phi) is 8.11. The highest BCUT2D eigenvalue weighted by atomic mass is 16.5. The number of amides is 1. The second kappa shape index (κ2) is 12.4. The zero-order valence-corrected chi connectivity index (χ0v) is 22.8. The van der Waals surface area contributed by atoms with Gasteiger partial charge in [-0.1, -0.05) is 30.3 Å². The molecule has 3 aromatic carbocycles. The number of rotatable bonds is 9. The van der Waals surface area contributed by atoms with Crippen molar-refractivity contribution in [2.24, 2.45) is 0 Å². The highest BCUT2D eigenvalue weighted by molar-refractivity contribution is 5.95. The standard InChI is InChI=1S/C33H34N4O4/c38-32(34-16-5-17-37-18-20-40-21-19-37)24-11-14-29-28(22-24)30(31(36-29)27-8-4-15-35-33(27)39)23-9-12-26(13-10-23)41-25-6-2-1-3-7-25/h1-4,6-15,22,30-31,36H,5,16-21H2,(H,34,38)(H,35,39). The molecule has 0 radical (unpaired) electrons. The van der Waals surface area contributed by atoms with Crippen molar-refractivity contribution in [1.82, 2.24) is 15.2 Å². The second-order valence-electron chi connectivity index (χ2n) is 10.4. The summed E-state index contributed by atoms with van der Waals surface area (Å²) in [4.78, 5) is 31.1. The molecule has 41 heavy (non-hydrogen) atoms. The first-order valence-electron chi connectivity index (χ1n) is 14.1. The molecular weight excluding hydrogens is 516 g/mol. The smallest absolute Gasteiger partial charge is 0.253 e. The molecule has 1 saturated heterocycles. The first-order valence-corrected chi connectivity index (χ1v) is 14.1. The Hall–Kier alpha value is -4.40. The van der Waals surface area contributed by atoms with Gasteiger partial charge in [0.25, 0.3) is 11.5 Å². The maximum Gasteiger partial charge on any atom is 0.253 e. The number of aromatic amines is 1. The largest absolute Gasteiger partial charge is 0.457 e. The molecule has 210 valence electrons. The number of aromatic nitrogens is 1. The number of carbonyl (C=O) groups excluding carboxylic acids is 1. The van der Waals surface area contributed by atoms with E-state index in [-0.39, 0.29) is 23.4 Å². The number of benzene rings is 3. The number of H-pyrrole nitrogens is 1. The number of anilines is 1. The van der Waals surface area contributed by atoms with Crippen LogP contribution in [0.2, 0.25) is 0 Å². The molecule has 0 aliphatic carbocycles. The summed E-state index contributed by atoms with van der Waals surface area (Å²) in [7, 11) is 0. The van der Waals surface area contributed by atoms with Gasteiger partial charge in [0.2, 0.25) is 0 Å². The number of ether oxygens (including phenoxy) is 2. The summed E-state index contributed by atoms with van der Waals surface area (Å²) in [6.45, 7) is 4.98. The molecular formula is C33H34N4O4. The molecule has 0 bridgehead atoms. The van der Waals surface area contributed by atoms with E-state index in [1.807, 2.05) is 84.9 Å². The van der Waals surface area contributed by atoms with Crippen molar-refractivity contribution in [2.45, 2.75) is 18.4 Å². The van der Waals surface area contributed by atoms with Crippen molar-refractivity contribution >= 4 is 11.6 Å². The van der Waals surface area contributed by atoms with E-state index in [0.717, 1.165) is 67.6 Å². The van der Waals surface area contributed by atoms with Gasteiger partial charge in [0.05, 0.1) is 19.3 Å². The number of para-hydroxylation sites is 1. The Balaban J connectivity index is 1.22. The van der Waals surface area contributed by atoms with Gasteiger partial charge in [0.1, 0.15) is 11.5 Å². The second-order valence-corrected chi connectivity index (χ2v) is 10.4. The number of nitrogens with zero attached hydrogens (tertiary/aromatic N) is 1. The zero-order valence-electron chi connectivity index (χ0n) is 22.8. The molecule has 0 spiro atoms. The van der Waals surface area contributed by atoms with Crippen LogP contribution in [0.15, 0.2) is 95.9 Å². The number of carbonyl (C=O) groups is 1. The molecule has 0 saturated carbocycles. The summed E-state index contributed by atoms with van der Waals surface area (Å²) < 4.78 is 11.4. The van der Waals surface area contributed by atoms with Gasteiger partial charge in [-0.2, -0.15) is 0 Å². The van der Waals surface area contributed by atoms with Gasteiger partial charge in [-0.3, -0.25) is 14.5 Å². The van der Waals surface area contributed by atoms with Crippen LogP contribution < -0.4 is 20.9 Å². The third-order valence-corrected chi connectivity index (χ3v) is 7.74. The third-order valence-electron chi connectivity index (χ3n) is 7.74. The number of fused-ring (bicyclic) bond motifs is 1. The molecule has 1 fully saturated rings. The Bertz CT molecular complexity index is 1530. The van der Waals surface area contributed by atoms with Crippen molar-refractivity contribution in [2.75, 3.05) is 44.7 Å². The van der Waals surface area contributed by atoms with E-state index in [0.29, 0.717) is 17.7 Å². The molecule has 8 nitrogen and oxygen atoms in total. The van der Waals surface area contributed by atoms with Gasteiger partial charge in [-0.25, -0.2) is 0 Å². The fourth-order valence-corrected chi connectivity index (χ4v) is 5.63. The molecule has 1 aromatic heterocycles. The number of morpholine rings is 1. The maximum absolute atomic E-state index is 13.1. The lowest BCUT2D eigenvalue weighted by molar-refractivity contribution is 0.0374. The minimum absolute atomic E-state index is 0.0962. The molecule has 2 aliphatic rings. The number of hydrogen-bond donors (Lipinski definition) is 3. The van der Waals surface area contributed by atoms with E-state index in [1.54, 1.807) is 6.20 Å². The van der Waals surface area contributed by atoms with Gasteiger partial charge < -0.3 is 25.1 Å². The molecule has 2 unspecified atom stereocenters. The van der Waals surface area contributed by atoms with Crippen LogP contribution in [-0.2, 0) is 4.74 Å². The van der Waals surface area contributed by atoms with E-state index in [1.165, 1.54) is 0 Å². The molecule has 4 aromatic rings. The van der Waals surface area contributed by atoms with Crippen LogP contribution in [-0.4, -0.2) is 55.2 Å². The molecule has 2 aliphatic heterocycles. The van der Waals surface area contributed by atoms with E-state index >= 15 is 0 Å². The van der Waals surface area contributed by atoms with Crippen LogP contribution >= 0.6 is 0 Å². The topological polar surface area (TPSA) is 95.7 Å². The summed E-state index contributed by atoms with van der Waals surface area (Å²) in [5.74, 6) is 1.22. The summed E-state index contributed by atoms with van der Waals surface area (Å²) in [6.07, 6.45) is 2.53. The lowest BCUT2D eigenvalue weighted by Gasteiger charge is -2.26. The first-order chi connectivity index (χ1) is 20.2. The highest BCUT2D eigenvalue weighted by Gasteiger charge is 2.36. The summed E-state index contributed by atoms with van der Waals surface area (Å²) in [6, 6.07) is 26.7. The van der Waals surface area contributed by atoms with Crippen molar-refractivity contribution < 1.29 is 14.3 Å². The third kappa shape index (κ3) is 6.19. The van der Waals surface area contributed by atoms with Crippen molar-refractivity contribution in [3.63, 3.8) is 0 Å². The summed E-state index contributed by atoms with van der Waals surface area (Å²) in [5, 5.41) is 6.63. The van der Waals surface area contributed by atoms with E-state index in [9.17, 15) is 9.59 Å². The Morgan fingerprint density at radius 1 is 0.927 bits per heavy atom. The number of hydrogen-bond acceptors (Lipinski definition) is 6. The van der Waals surface area contributed by atoms with Crippen LogP contribution in [0.4, 0.5) is 5.69 Å². The van der Waals surface area contributed by atoms with Gasteiger partial charge >= 0.3 is 0 Å². The van der Waals surface area contributed by atoms with Crippen LogP contribution in [0.5, 0.6) is 11.5 Å². The zero-order chi connectivity index (χ0) is 28.0. The minimum atomic E-state index is -0.289. The van der Waals surface area contributed by atoms with Gasteiger partial charge in [0.15, 0.2) is 0 Å². The van der Waals surface area contributed by atoms with E-state index < -0.39 is 0 Å². The molecule has 1 amide bonds. The minimum Gasteiger partial charge on any atom is -0.457 e. The van der Waals surface area contributed by atoms with Crippen LogP contribution in [0.3, 0.4) is 0 Å². The van der Waals surface area contributed by atoms with Crippen LogP contribution in [0.1, 0.15) is 45.4 Å². The molecule has 3 N–H and O–H groups in total. The average Bonchev–Trinajstić information content (AvgIpc) is 3.39. The number of nitrogens with one attached hydrogen (secondary N) is 3. The Morgan fingerprint density at radius 3 is 2.49 bits per heavy atom. The van der Waals surface area contributed by atoms with Gasteiger partial charge in [-0.05, 0) is 78.7 Å². The predicted octanol–water partition coefficient (Wildman–Crippen LogP) is 4.92. The normalized spacial score (nSPS) is 18.3. The van der Waals surface area contributed by atoms with E-state index in [4.69, 9.17) is 9.47 Å². The lowest BCUT2D eigenvalue weighted by atomic mass is 9.84. The van der Waals surface area contributed by atoms with E-state index in [2.05, 4.69) is 20.5 Å². The quantitative estimate of drug-likeness (QED) is 0.256. The molecule has 8 heteroatoms. The fourth-order valence-electron chi connectivity index (χ4n) is 5.63. The molecule has 3 heterocycles. The lowest BCUT2D eigenvalue weighted by Crippen LogP contribution is -2.38. The summed E-state index contributed by atoms with van der Waals surface area (Å²) >= 11 is 0. The van der Waals surface area contributed by atoms with Crippen LogP contribution in [0, 0.1) is 0 Å². The van der Waals surface area contributed by atoms with Gasteiger partial charge in [0, 0.05) is 48.6 Å². The van der Waals surface area contributed by atoms with Crippen LogP contribution in [0.25, 0.3) is 0 Å². The SMILES string of the molecule is O=C(NCCCN1CCOCC1)c1ccc2c(c1)C(c1ccc(Oc3ccccc3)cc1)C(c1ccc[nH]c1=O)N2. The van der Waals surface area contributed by atoms with Crippen molar-refractivity contribution in [3.8, 4) is 11.5 Å². The average molecular weight is 551 g/mol. The fraction of sp³-hybridized carbons (Fsp3) is 0.273. The first kappa shape index (κ1) is 26.8. The maximum atomic E-state index is 13.1. The predicted molar refractivity (Wildman–Crippen MR) is 159 cm³/mol. The Labute approximate surface area is 239 Å². The monoisotopic (exact) mass is 550 g/mol. The Morgan fingerprint density at radius 2 is 1.71 bits per heavy atom. The molecule has 2 atom stereocenters. The summed E-state index contributed by atoms with van der Waals surface area (Å²) in [5.41, 5.74) is 4.03. The van der Waals surface area contributed by atoms with Crippen molar-refractivity contribution in [1.29, 1.82) is 0 Å².